The van der Waals surface area contributed by atoms with Gasteiger partial charge in [-0.2, -0.15) is 16.7 Å². The Morgan fingerprint density at radius 1 is 1.39 bits per heavy atom. The van der Waals surface area contributed by atoms with Gasteiger partial charge in [-0.15, -0.1) is 11.3 Å². The van der Waals surface area contributed by atoms with Crippen molar-refractivity contribution in [1.29, 1.82) is 0 Å². The fourth-order valence-corrected chi connectivity index (χ4v) is 2.45. The lowest BCUT2D eigenvalue weighted by molar-refractivity contribution is 0.751. The first-order chi connectivity index (χ1) is 8.55. The third-order valence-electron chi connectivity index (χ3n) is 2.78. The molecular formula is C12H18N4S2. The molecule has 0 spiro atoms. The highest BCUT2D eigenvalue weighted by Crippen LogP contribution is 2.28. The Hall–Kier alpha value is -1.01. The van der Waals surface area contributed by atoms with Gasteiger partial charge in [0.25, 0.3) is 0 Å². The molecule has 2 aromatic heterocycles. The molecule has 0 aliphatic heterocycles. The molecule has 0 unspecified atom stereocenters. The Kier molecular flexibility index (Phi) is 3.97. The minimum Gasteiger partial charge on any atom is -0.368 e. The number of thiophene rings is 1. The molecule has 0 fully saturated rings. The van der Waals surface area contributed by atoms with Crippen LogP contribution in [-0.2, 0) is 0 Å². The van der Waals surface area contributed by atoms with E-state index in [-0.39, 0.29) is 4.75 Å². The topological polar surface area (TPSA) is 49.8 Å². The Bertz CT molecular complexity index is 536. The highest BCUT2D eigenvalue weighted by molar-refractivity contribution is 7.99. The molecular weight excluding hydrogens is 264 g/mol. The van der Waals surface area contributed by atoms with Crippen LogP contribution in [0.25, 0.3) is 10.2 Å². The van der Waals surface area contributed by atoms with Crippen molar-refractivity contribution < 1.29 is 0 Å². The third kappa shape index (κ3) is 2.87. The number of nitrogens with one attached hydrogen (secondary N) is 2. The van der Waals surface area contributed by atoms with Crippen LogP contribution in [0.2, 0.25) is 0 Å². The average molecular weight is 282 g/mol. The smallest absolute Gasteiger partial charge is 0.225 e. The van der Waals surface area contributed by atoms with Crippen molar-refractivity contribution in [3.63, 3.8) is 0 Å². The van der Waals surface area contributed by atoms with Crippen molar-refractivity contribution >= 4 is 45.1 Å². The van der Waals surface area contributed by atoms with Gasteiger partial charge >= 0.3 is 0 Å². The summed E-state index contributed by atoms with van der Waals surface area (Å²) in [6.07, 6.45) is 2.13. The summed E-state index contributed by atoms with van der Waals surface area (Å²) in [6, 6.07) is 2.06. The molecule has 98 valence electrons. The molecule has 0 atom stereocenters. The Morgan fingerprint density at radius 2 is 2.17 bits per heavy atom. The first-order valence-corrected chi connectivity index (χ1v) is 7.88. The van der Waals surface area contributed by atoms with E-state index in [1.807, 2.05) is 24.2 Å². The van der Waals surface area contributed by atoms with Crippen LogP contribution in [0.15, 0.2) is 11.4 Å². The predicted octanol–water partition coefficient (Wildman–Crippen LogP) is 3.29. The van der Waals surface area contributed by atoms with Crippen LogP contribution in [0.3, 0.4) is 0 Å². The van der Waals surface area contributed by atoms with Gasteiger partial charge in [-0.1, -0.05) is 0 Å². The molecule has 0 amide bonds. The van der Waals surface area contributed by atoms with Crippen LogP contribution >= 0.6 is 23.1 Å². The lowest BCUT2D eigenvalue weighted by atomic mass is 10.2. The lowest BCUT2D eigenvalue weighted by Crippen LogP contribution is -2.26. The van der Waals surface area contributed by atoms with Gasteiger partial charge in [0.1, 0.15) is 10.6 Å². The maximum Gasteiger partial charge on any atom is 0.225 e. The molecule has 2 heterocycles. The molecule has 4 nitrogen and oxygen atoms in total. The van der Waals surface area contributed by atoms with E-state index in [4.69, 9.17) is 0 Å². The Morgan fingerprint density at radius 3 is 2.83 bits per heavy atom. The largest absolute Gasteiger partial charge is 0.368 e. The number of hydrogen-bond acceptors (Lipinski definition) is 6. The number of fused-ring (bicyclic) bond motifs is 1. The fourth-order valence-electron chi connectivity index (χ4n) is 1.47. The summed E-state index contributed by atoms with van der Waals surface area (Å²) >= 11 is 3.48. The Balaban J connectivity index is 2.28. The van der Waals surface area contributed by atoms with Gasteiger partial charge in [0.05, 0.1) is 5.39 Å². The zero-order chi connectivity index (χ0) is 13.2. The maximum atomic E-state index is 4.49. The number of rotatable bonds is 5. The Labute approximate surface area is 116 Å². The summed E-state index contributed by atoms with van der Waals surface area (Å²) in [7, 11) is 1.84. The molecule has 18 heavy (non-hydrogen) atoms. The first kappa shape index (κ1) is 13.4. The number of nitrogens with zero attached hydrogens (tertiary/aromatic N) is 2. The second-order valence-electron chi connectivity index (χ2n) is 4.60. The number of thioether (sulfide) groups is 1. The van der Waals surface area contributed by atoms with Gasteiger partial charge in [-0.25, -0.2) is 4.98 Å². The minimum absolute atomic E-state index is 0.188. The zero-order valence-corrected chi connectivity index (χ0v) is 12.7. The summed E-state index contributed by atoms with van der Waals surface area (Å²) in [5.41, 5.74) is 0. The zero-order valence-electron chi connectivity index (χ0n) is 11.1. The molecule has 0 aliphatic carbocycles. The quantitative estimate of drug-likeness (QED) is 0.881. The molecule has 0 saturated carbocycles. The van der Waals surface area contributed by atoms with Crippen molar-refractivity contribution in [1.82, 2.24) is 9.97 Å². The SMILES string of the molecule is CNc1nc(NCC(C)(C)SC)c2ccsc2n1. The van der Waals surface area contributed by atoms with Gasteiger partial charge in [-0.3, -0.25) is 0 Å². The summed E-state index contributed by atoms with van der Waals surface area (Å²) in [5.74, 6) is 1.57. The molecule has 2 rings (SSSR count). The normalized spacial score (nSPS) is 11.8. The summed E-state index contributed by atoms with van der Waals surface area (Å²) < 4.78 is 0.188. The number of hydrogen-bond donors (Lipinski definition) is 2. The lowest BCUT2D eigenvalue weighted by Gasteiger charge is -2.22. The monoisotopic (exact) mass is 282 g/mol. The van der Waals surface area contributed by atoms with Crippen LogP contribution in [0.5, 0.6) is 0 Å². The summed E-state index contributed by atoms with van der Waals surface area (Å²) in [4.78, 5) is 9.94. The van der Waals surface area contributed by atoms with Gasteiger partial charge < -0.3 is 10.6 Å². The molecule has 2 N–H and O–H groups in total. The van der Waals surface area contributed by atoms with Crippen LogP contribution < -0.4 is 10.6 Å². The first-order valence-electron chi connectivity index (χ1n) is 5.78. The fraction of sp³-hybridized carbons (Fsp3) is 0.500. The molecule has 6 heteroatoms. The molecule has 0 aliphatic rings. The number of aromatic nitrogens is 2. The highest BCUT2D eigenvalue weighted by atomic mass is 32.2. The van der Waals surface area contributed by atoms with Gasteiger partial charge in [0.2, 0.25) is 5.95 Å². The summed E-state index contributed by atoms with van der Waals surface area (Å²) in [6.45, 7) is 5.31. The number of anilines is 2. The van der Waals surface area contributed by atoms with Crippen LogP contribution in [0, 0.1) is 0 Å². The third-order valence-corrected chi connectivity index (χ3v) is 4.84. The van der Waals surface area contributed by atoms with E-state index in [0.717, 1.165) is 22.6 Å². The standard InChI is InChI=1S/C12H18N4S2/c1-12(2,17-4)7-14-9-8-5-6-18-10(8)16-11(13-3)15-9/h5-6H,7H2,1-4H3,(H2,13,14,15,16). The highest BCUT2D eigenvalue weighted by Gasteiger charge is 2.17. The molecule has 0 saturated heterocycles. The molecule has 0 radical (unpaired) electrons. The van der Waals surface area contributed by atoms with E-state index in [9.17, 15) is 0 Å². The van der Waals surface area contributed by atoms with E-state index in [0.29, 0.717) is 5.95 Å². The summed E-state index contributed by atoms with van der Waals surface area (Å²) in [5, 5.41) is 9.57. The maximum absolute atomic E-state index is 4.49. The van der Waals surface area contributed by atoms with Gasteiger partial charge in [-0.05, 0) is 31.5 Å². The molecule has 2 aromatic rings. The van der Waals surface area contributed by atoms with Gasteiger partial charge in [0.15, 0.2) is 0 Å². The van der Waals surface area contributed by atoms with Crippen LogP contribution in [0.4, 0.5) is 11.8 Å². The minimum atomic E-state index is 0.188. The van der Waals surface area contributed by atoms with Crippen LogP contribution in [-0.4, -0.2) is 34.6 Å². The van der Waals surface area contributed by atoms with Crippen molar-refractivity contribution in [3.05, 3.63) is 11.4 Å². The van der Waals surface area contributed by atoms with E-state index in [2.05, 4.69) is 46.8 Å². The van der Waals surface area contributed by atoms with E-state index in [1.54, 1.807) is 11.3 Å². The average Bonchev–Trinajstić information content (AvgIpc) is 2.84. The van der Waals surface area contributed by atoms with E-state index < -0.39 is 0 Å². The second-order valence-corrected chi connectivity index (χ2v) is 7.01. The van der Waals surface area contributed by atoms with Crippen molar-refractivity contribution in [2.75, 3.05) is 30.5 Å². The van der Waals surface area contributed by atoms with Gasteiger partial charge in [0, 0.05) is 18.3 Å². The van der Waals surface area contributed by atoms with E-state index in [1.165, 1.54) is 0 Å². The predicted molar refractivity (Wildman–Crippen MR) is 83.0 cm³/mol. The van der Waals surface area contributed by atoms with Crippen molar-refractivity contribution in [2.45, 2.75) is 18.6 Å². The van der Waals surface area contributed by atoms with Crippen molar-refractivity contribution in [3.8, 4) is 0 Å². The van der Waals surface area contributed by atoms with Crippen LogP contribution in [0.1, 0.15) is 13.8 Å². The molecule has 0 bridgehead atoms. The van der Waals surface area contributed by atoms with E-state index >= 15 is 0 Å². The second kappa shape index (κ2) is 5.32. The van der Waals surface area contributed by atoms with Crippen molar-refractivity contribution in [2.24, 2.45) is 0 Å². The molecule has 0 aromatic carbocycles.